The van der Waals surface area contributed by atoms with Crippen LogP contribution in [0.1, 0.15) is 28.3 Å². The lowest BCUT2D eigenvalue weighted by Crippen LogP contribution is -2.15. The average molecular weight is 308 g/mol. The van der Waals surface area contributed by atoms with Gasteiger partial charge in [-0.2, -0.15) is 0 Å². The molecule has 3 heteroatoms. The molecule has 1 nitrogen and oxygen atoms in total. The van der Waals surface area contributed by atoms with Crippen LogP contribution in [-0.4, -0.2) is 0 Å². The van der Waals surface area contributed by atoms with Crippen LogP contribution in [0.15, 0.2) is 40.9 Å². The van der Waals surface area contributed by atoms with Crippen molar-refractivity contribution < 1.29 is 4.39 Å². The van der Waals surface area contributed by atoms with Crippen LogP contribution in [0.4, 0.5) is 4.39 Å². The first-order valence-corrected chi connectivity index (χ1v) is 6.56. The lowest BCUT2D eigenvalue weighted by molar-refractivity contribution is 0.597. The van der Waals surface area contributed by atoms with Crippen molar-refractivity contribution in [1.82, 2.24) is 0 Å². The summed E-state index contributed by atoms with van der Waals surface area (Å²) in [5.74, 6) is -0.281. The van der Waals surface area contributed by atoms with Crippen molar-refractivity contribution in [3.8, 4) is 0 Å². The highest BCUT2D eigenvalue weighted by Gasteiger charge is 2.18. The van der Waals surface area contributed by atoms with Crippen molar-refractivity contribution in [2.75, 3.05) is 0 Å². The molecule has 0 aliphatic heterocycles. The summed E-state index contributed by atoms with van der Waals surface area (Å²) < 4.78 is 14.6. The molecule has 2 aromatic rings. The topological polar surface area (TPSA) is 26.0 Å². The Labute approximate surface area is 115 Å². The molecule has 0 heterocycles. The Balaban J connectivity index is 2.51. The number of hydrogen-bond donors (Lipinski definition) is 1. The molecule has 0 aliphatic rings. The van der Waals surface area contributed by atoms with E-state index in [9.17, 15) is 4.39 Å². The third kappa shape index (κ3) is 2.47. The van der Waals surface area contributed by atoms with Gasteiger partial charge in [0, 0.05) is 10.0 Å². The Morgan fingerprint density at radius 3 is 2.50 bits per heavy atom. The highest BCUT2D eigenvalue weighted by atomic mass is 79.9. The van der Waals surface area contributed by atoms with E-state index in [1.807, 2.05) is 32.0 Å². The average Bonchev–Trinajstić information content (AvgIpc) is 2.28. The zero-order chi connectivity index (χ0) is 13.3. The normalized spacial score (nSPS) is 12.5. The highest BCUT2D eigenvalue weighted by Crippen LogP contribution is 2.30. The maximum Gasteiger partial charge on any atom is 0.129 e. The molecule has 94 valence electrons. The molecule has 0 aliphatic carbocycles. The molecule has 0 saturated carbocycles. The lowest BCUT2D eigenvalue weighted by atomic mass is 9.94. The molecule has 0 bridgehead atoms. The van der Waals surface area contributed by atoms with Gasteiger partial charge in [0.15, 0.2) is 0 Å². The second kappa shape index (κ2) is 5.21. The van der Waals surface area contributed by atoms with E-state index in [4.69, 9.17) is 5.73 Å². The SMILES string of the molecule is Cc1ccc(C(N)c2c(F)cccc2Br)c(C)c1. The van der Waals surface area contributed by atoms with Crippen molar-refractivity contribution in [2.45, 2.75) is 19.9 Å². The van der Waals surface area contributed by atoms with Gasteiger partial charge in [0.25, 0.3) is 0 Å². The van der Waals surface area contributed by atoms with Gasteiger partial charge in [0.2, 0.25) is 0 Å². The van der Waals surface area contributed by atoms with Gasteiger partial charge in [-0.25, -0.2) is 4.39 Å². The maximum atomic E-state index is 13.9. The largest absolute Gasteiger partial charge is 0.320 e. The summed E-state index contributed by atoms with van der Waals surface area (Å²) in [5.41, 5.74) is 9.91. The Morgan fingerprint density at radius 1 is 1.17 bits per heavy atom. The van der Waals surface area contributed by atoms with Gasteiger partial charge in [0.1, 0.15) is 5.82 Å². The molecular formula is C15H15BrFN. The summed E-state index contributed by atoms with van der Waals surface area (Å²) in [6, 6.07) is 10.5. The smallest absolute Gasteiger partial charge is 0.129 e. The number of aryl methyl sites for hydroxylation is 2. The third-order valence-electron chi connectivity index (χ3n) is 3.07. The second-order valence-corrected chi connectivity index (χ2v) is 5.33. The summed E-state index contributed by atoms with van der Waals surface area (Å²) >= 11 is 3.36. The van der Waals surface area contributed by atoms with Crippen molar-refractivity contribution in [3.63, 3.8) is 0 Å². The number of rotatable bonds is 2. The summed E-state index contributed by atoms with van der Waals surface area (Å²) in [6.45, 7) is 4.03. The van der Waals surface area contributed by atoms with E-state index < -0.39 is 6.04 Å². The fourth-order valence-corrected chi connectivity index (χ4v) is 2.73. The van der Waals surface area contributed by atoms with E-state index in [1.54, 1.807) is 6.07 Å². The van der Waals surface area contributed by atoms with Crippen LogP contribution >= 0.6 is 15.9 Å². The van der Waals surface area contributed by atoms with E-state index in [-0.39, 0.29) is 5.82 Å². The Morgan fingerprint density at radius 2 is 1.89 bits per heavy atom. The molecule has 2 N–H and O–H groups in total. The third-order valence-corrected chi connectivity index (χ3v) is 3.76. The minimum atomic E-state index is -0.457. The van der Waals surface area contributed by atoms with Crippen LogP contribution in [0, 0.1) is 19.7 Å². The van der Waals surface area contributed by atoms with E-state index in [0.29, 0.717) is 10.0 Å². The molecule has 0 amide bonds. The highest BCUT2D eigenvalue weighted by molar-refractivity contribution is 9.10. The lowest BCUT2D eigenvalue weighted by Gasteiger charge is -2.17. The van der Waals surface area contributed by atoms with Gasteiger partial charge in [-0.15, -0.1) is 0 Å². The minimum absolute atomic E-state index is 0.281. The second-order valence-electron chi connectivity index (χ2n) is 4.47. The van der Waals surface area contributed by atoms with Gasteiger partial charge in [-0.1, -0.05) is 45.8 Å². The molecule has 18 heavy (non-hydrogen) atoms. The zero-order valence-corrected chi connectivity index (χ0v) is 12.0. The van der Waals surface area contributed by atoms with Crippen LogP contribution < -0.4 is 5.73 Å². The fraction of sp³-hybridized carbons (Fsp3) is 0.200. The van der Waals surface area contributed by atoms with Crippen LogP contribution in [0.3, 0.4) is 0 Å². The van der Waals surface area contributed by atoms with Crippen LogP contribution in [0.5, 0.6) is 0 Å². The van der Waals surface area contributed by atoms with Crippen LogP contribution in [-0.2, 0) is 0 Å². The summed E-state index contributed by atoms with van der Waals surface area (Å²) in [5, 5.41) is 0. The summed E-state index contributed by atoms with van der Waals surface area (Å²) in [6.07, 6.45) is 0. The van der Waals surface area contributed by atoms with Gasteiger partial charge >= 0.3 is 0 Å². The van der Waals surface area contributed by atoms with Crippen molar-refractivity contribution in [3.05, 3.63) is 68.9 Å². The zero-order valence-electron chi connectivity index (χ0n) is 10.4. The molecule has 2 rings (SSSR count). The molecule has 0 spiro atoms. The molecule has 0 fully saturated rings. The molecule has 0 radical (unpaired) electrons. The maximum absolute atomic E-state index is 13.9. The Hall–Kier alpha value is -1.19. The molecule has 1 atom stereocenters. The molecule has 2 aromatic carbocycles. The van der Waals surface area contributed by atoms with E-state index in [1.165, 1.54) is 11.6 Å². The van der Waals surface area contributed by atoms with Crippen LogP contribution in [0.25, 0.3) is 0 Å². The summed E-state index contributed by atoms with van der Waals surface area (Å²) in [7, 11) is 0. The number of benzene rings is 2. The monoisotopic (exact) mass is 307 g/mol. The fourth-order valence-electron chi connectivity index (χ4n) is 2.14. The number of nitrogens with two attached hydrogens (primary N) is 1. The Bertz CT molecular complexity index is 560. The van der Waals surface area contributed by atoms with Gasteiger partial charge < -0.3 is 5.73 Å². The standard InChI is InChI=1S/C15H15BrFN/c1-9-6-7-11(10(2)8-9)15(18)14-12(16)4-3-5-13(14)17/h3-8,15H,18H2,1-2H3. The predicted molar refractivity (Wildman–Crippen MR) is 76.0 cm³/mol. The minimum Gasteiger partial charge on any atom is -0.320 e. The molecular weight excluding hydrogens is 293 g/mol. The predicted octanol–water partition coefficient (Wildman–Crippen LogP) is 4.25. The molecule has 1 unspecified atom stereocenters. The Kier molecular flexibility index (Phi) is 3.83. The first-order valence-electron chi connectivity index (χ1n) is 5.77. The van der Waals surface area contributed by atoms with Gasteiger partial charge in [-0.3, -0.25) is 0 Å². The summed E-state index contributed by atoms with van der Waals surface area (Å²) in [4.78, 5) is 0. The molecule has 0 aromatic heterocycles. The van der Waals surface area contributed by atoms with E-state index >= 15 is 0 Å². The van der Waals surface area contributed by atoms with Crippen molar-refractivity contribution in [2.24, 2.45) is 5.73 Å². The van der Waals surface area contributed by atoms with E-state index in [2.05, 4.69) is 22.0 Å². The first-order chi connectivity index (χ1) is 8.50. The quantitative estimate of drug-likeness (QED) is 0.881. The number of halogens is 2. The first kappa shape index (κ1) is 13.2. The van der Waals surface area contributed by atoms with Crippen molar-refractivity contribution in [1.29, 1.82) is 0 Å². The van der Waals surface area contributed by atoms with Crippen molar-refractivity contribution >= 4 is 15.9 Å². The van der Waals surface area contributed by atoms with Gasteiger partial charge in [0.05, 0.1) is 6.04 Å². The van der Waals surface area contributed by atoms with Gasteiger partial charge in [-0.05, 0) is 37.1 Å². The number of hydrogen-bond acceptors (Lipinski definition) is 1. The van der Waals surface area contributed by atoms with E-state index in [0.717, 1.165) is 11.1 Å². The molecule has 0 saturated heterocycles. The van der Waals surface area contributed by atoms with Crippen LogP contribution in [0.2, 0.25) is 0 Å².